The Labute approximate surface area is 300 Å². The molecule has 0 nitrogen and oxygen atoms in total. The van der Waals surface area contributed by atoms with Crippen LogP contribution in [0.2, 0.25) is 0 Å². The minimum Gasteiger partial charge on any atom is -0.0770 e. The highest BCUT2D eigenvalue weighted by molar-refractivity contribution is 6.23. The minimum atomic E-state index is 0.315. The normalized spacial score (nSPS) is 14.6. The lowest BCUT2D eigenvalue weighted by Gasteiger charge is -2.21. The zero-order valence-electron chi connectivity index (χ0n) is 29.2. The van der Waals surface area contributed by atoms with E-state index >= 15 is 0 Å². The summed E-state index contributed by atoms with van der Waals surface area (Å²) in [6, 6.07) is 56.6. The Bertz CT molecular complexity index is 2660. The molecule has 8 aromatic carbocycles. The van der Waals surface area contributed by atoms with Crippen LogP contribution in [0.5, 0.6) is 0 Å². The van der Waals surface area contributed by atoms with Crippen LogP contribution in [-0.4, -0.2) is 0 Å². The van der Waals surface area contributed by atoms with E-state index < -0.39 is 0 Å². The van der Waals surface area contributed by atoms with Crippen LogP contribution in [0.1, 0.15) is 37.0 Å². The van der Waals surface area contributed by atoms with E-state index in [2.05, 4.69) is 190 Å². The molecule has 0 N–H and O–H groups in total. The first-order valence-electron chi connectivity index (χ1n) is 18.4. The molecule has 0 amide bonds. The van der Waals surface area contributed by atoms with Gasteiger partial charge in [-0.05, 0) is 118 Å². The summed E-state index contributed by atoms with van der Waals surface area (Å²) in [4.78, 5) is 0. The van der Waals surface area contributed by atoms with Gasteiger partial charge in [0.15, 0.2) is 0 Å². The van der Waals surface area contributed by atoms with Gasteiger partial charge in [-0.1, -0.05) is 178 Å². The van der Waals surface area contributed by atoms with Crippen molar-refractivity contribution in [2.45, 2.75) is 26.7 Å². The molecule has 8 aromatic rings. The molecule has 0 aliphatic heterocycles. The molecule has 51 heavy (non-hydrogen) atoms. The number of benzene rings is 8. The fourth-order valence-corrected chi connectivity index (χ4v) is 8.53. The number of hydrogen-bond acceptors (Lipinski definition) is 0. The van der Waals surface area contributed by atoms with E-state index in [0.717, 1.165) is 12.8 Å². The van der Waals surface area contributed by atoms with Crippen LogP contribution in [-0.2, 0) is 6.42 Å². The van der Waals surface area contributed by atoms with Crippen molar-refractivity contribution in [3.05, 3.63) is 193 Å². The molecule has 1 unspecified atom stereocenters. The van der Waals surface area contributed by atoms with E-state index in [-0.39, 0.29) is 0 Å². The second-order valence-corrected chi connectivity index (χ2v) is 13.7. The summed E-state index contributed by atoms with van der Waals surface area (Å²) in [6.45, 7) is 4.55. The lowest BCUT2D eigenvalue weighted by Crippen LogP contribution is -2.02. The molecule has 1 aliphatic carbocycles. The Morgan fingerprint density at radius 3 is 1.82 bits per heavy atom. The molecule has 0 aromatic heterocycles. The summed E-state index contributed by atoms with van der Waals surface area (Å²) in [5.74, 6) is 0.315. The van der Waals surface area contributed by atoms with Crippen molar-refractivity contribution < 1.29 is 0 Å². The summed E-state index contributed by atoms with van der Waals surface area (Å²) < 4.78 is 0. The van der Waals surface area contributed by atoms with Gasteiger partial charge in [0.25, 0.3) is 0 Å². The van der Waals surface area contributed by atoms with Gasteiger partial charge in [-0.2, -0.15) is 0 Å². The van der Waals surface area contributed by atoms with Crippen LogP contribution >= 0.6 is 0 Å². The maximum absolute atomic E-state index is 2.43. The summed E-state index contributed by atoms with van der Waals surface area (Å²) in [5, 5.41) is 10.3. The third kappa shape index (κ3) is 5.31. The Morgan fingerprint density at radius 1 is 0.451 bits per heavy atom. The van der Waals surface area contributed by atoms with Gasteiger partial charge in [-0.25, -0.2) is 0 Å². The van der Waals surface area contributed by atoms with Crippen LogP contribution in [0.4, 0.5) is 0 Å². The van der Waals surface area contributed by atoms with Crippen molar-refractivity contribution in [1.29, 1.82) is 0 Å². The third-order valence-electron chi connectivity index (χ3n) is 10.9. The highest BCUT2D eigenvalue weighted by atomic mass is 14.2. The predicted molar refractivity (Wildman–Crippen MR) is 222 cm³/mol. The average Bonchev–Trinajstić information content (AvgIpc) is 3.42. The van der Waals surface area contributed by atoms with Crippen LogP contribution in [0.25, 0.3) is 76.5 Å². The SMILES string of the molecule is CCc1cccc2c(-c3c4ccccc4c(-c4cccc(C5=C(c6ccc7ccccc7c6)C(CC)C=CC=C5)c4)c4ccccc34)cccc12. The van der Waals surface area contributed by atoms with Crippen molar-refractivity contribution >= 4 is 54.2 Å². The standard InChI is InChI=1S/C51H40/c1-3-34-19-14-28-43-41(34)27-15-29-44(43)51-47-25-11-9-23-45(47)50(46-24-10-12-26-48(46)51)39-21-13-20-38(33-39)42-22-8-7-16-35(4-2)49(42)40-31-30-36-17-5-6-18-37(36)32-40/h5-33,35H,3-4H2,1-2H3. The van der Waals surface area contributed by atoms with Crippen molar-refractivity contribution in [2.75, 3.05) is 0 Å². The van der Waals surface area contributed by atoms with Gasteiger partial charge in [0, 0.05) is 5.92 Å². The molecule has 1 atom stereocenters. The molecule has 0 spiro atoms. The lowest BCUT2D eigenvalue weighted by atomic mass is 9.82. The first-order chi connectivity index (χ1) is 25.2. The topological polar surface area (TPSA) is 0 Å². The summed E-state index contributed by atoms with van der Waals surface area (Å²) in [7, 11) is 0. The predicted octanol–water partition coefficient (Wildman–Crippen LogP) is 14.3. The molecular formula is C51H40. The van der Waals surface area contributed by atoms with Gasteiger partial charge < -0.3 is 0 Å². The molecule has 0 saturated carbocycles. The fourth-order valence-electron chi connectivity index (χ4n) is 8.53. The van der Waals surface area contributed by atoms with E-state index in [1.807, 2.05) is 0 Å². The van der Waals surface area contributed by atoms with Crippen molar-refractivity contribution in [3.63, 3.8) is 0 Å². The van der Waals surface area contributed by atoms with Gasteiger partial charge >= 0.3 is 0 Å². The smallest absolute Gasteiger partial charge is 0.00305 e. The number of allylic oxidation sites excluding steroid dienone is 6. The van der Waals surface area contributed by atoms with Crippen molar-refractivity contribution in [1.82, 2.24) is 0 Å². The summed E-state index contributed by atoms with van der Waals surface area (Å²) in [5.41, 5.74) is 11.7. The summed E-state index contributed by atoms with van der Waals surface area (Å²) in [6.07, 6.45) is 11.2. The number of aryl methyl sites for hydroxylation is 1. The molecule has 0 fully saturated rings. The van der Waals surface area contributed by atoms with E-state index in [4.69, 9.17) is 0 Å². The number of fused-ring (bicyclic) bond motifs is 4. The van der Waals surface area contributed by atoms with Crippen LogP contribution in [0.15, 0.2) is 176 Å². The monoisotopic (exact) mass is 652 g/mol. The molecule has 0 saturated heterocycles. The van der Waals surface area contributed by atoms with Gasteiger partial charge in [0.2, 0.25) is 0 Å². The van der Waals surface area contributed by atoms with E-state index in [1.165, 1.54) is 93.2 Å². The molecule has 9 rings (SSSR count). The van der Waals surface area contributed by atoms with Gasteiger partial charge in [-0.3, -0.25) is 0 Å². The van der Waals surface area contributed by atoms with Crippen LogP contribution in [0.3, 0.4) is 0 Å². The third-order valence-corrected chi connectivity index (χ3v) is 10.9. The van der Waals surface area contributed by atoms with E-state index in [9.17, 15) is 0 Å². The average molecular weight is 653 g/mol. The molecule has 0 heteroatoms. The van der Waals surface area contributed by atoms with Gasteiger partial charge in [0.1, 0.15) is 0 Å². The van der Waals surface area contributed by atoms with Crippen LogP contribution < -0.4 is 0 Å². The van der Waals surface area contributed by atoms with Crippen LogP contribution in [0, 0.1) is 5.92 Å². The molecule has 0 heterocycles. The maximum atomic E-state index is 2.43. The number of hydrogen-bond donors (Lipinski definition) is 0. The van der Waals surface area contributed by atoms with E-state index in [0.29, 0.717) is 5.92 Å². The summed E-state index contributed by atoms with van der Waals surface area (Å²) >= 11 is 0. The molecule has 244 valence electrons. The Hall–Kier alpha value is -5.98. The second kappa shape index (κ2) is 13.0. The number of rotatable bonds is 6. The highest BCUT2D eigenvalue weighted by Gasteiger charge is 2.21. The Balaban J connectivity index is 1.30. The quantitative estimate of drug-likeness (QED) is 0.157. The minimum absolute atomic E-state index is 0.315. The van der Waals surface area contributed by atoms with Crippen molar-refractivity contribution in [3.8, 4) is 22.3 Å². The zero-order chi connectivity index (χ0) is 34.3. The largest absolute Gasteiger partial charge is 0.0770 e. The lowest BCUT2D eigenvalue weighted by molar-refractivity contribution is 0.796. The first-order valence-corrected chi connectivity index (χ1v) is 18.4. The Kier molecular flexibility index (Phi) is 7.94. The fraction of sp³-hybridized carbons (Fsp3) is 0.0980. The second-order valence-electron chi connectivity index (χ2n) is 13.7. The van der Waals surface area contributed by atoms with Gasteiger partial charge in [0.05, 0.1) is 0 Å². The molecular weight excluding hydrogens is 613 g/mol. The molecule has 1 aliphatic rings. The highest BCUT2D eigenvalue weighted by Crippen LogP contribution is 2.46. The molecule has 0 radical (unpaired) electrons. The Morgan fingerprint density at radius 2 is 1.08 bits per heavy atom. The van der Waals surface area contributed by atoms with Gasteiger partial charge in [-0.15, -0.1) is 0 Å². The first kappa shape index (κ1) is 31.0. The zero-order valence-corrected chi connectivity index (χ0v) is 29.2. The van der Waals surface area contributed by atoms with Crippen molar-refractivity contribution in [2.24, 2.45) is 5.92 Å². The maximum Gasteiger partial charge on any atom is 0.00305 e. The van der Waals surface area contributed by atoms with E-state index in [1.54, 1.807) is 0 Å². The molecule has 0 bridgehead atoms.